The Morgan fingerprint density at radius 3 is 2.45 bits per heavy atom. The Balaban J connectivity index is 1.18. The molecule has 9 nitrogen and oxygen atoms in total. The number of rotatable bonds is 5. The third-order valence-electron chi connectivity index (χ3n) is 7.05. The molecule has 3 aromatic rings. The first kappa shape index (κ1) is 21.9. The smallest absolute Gasteiger partial charge is 0.228 e. The number of nitrogens with zero attached hydrogens (tertiary/aromatic N) is 7. The van der Waals surface area contributed by atoms with Gasteiger partial charge in [-0.25, -0.2) is 4.98 Å². The Morgan fingerprint density at radius 1 is 0.970 bits per heavy atom. The Kier molecular flexibility index (Phi) is 6.32. The minimum absolute atomic E-state index is 0.0684. The van der Waals surface area contributed by atoms with E-state index in [2.05, 4.69) is 42.4 Å². The van der Waals surface area contributed by atoms with E-state index in [-0.39, 0.29) is 11.8 Å². The van der Waals surface area contributed by atoms with Gasteiger partial charge in [-0.05, 0) is 56.2 Å². The lowest BCUT2D eigenvalue weighted by Crippen LogP contribution is -2.46. The van der Waals surface area contributed by atoms with Gasteiger partial charge in [-0.3, -0.25) is 14.5 Å². The van der Waals surface area contributed by atoms with Crippen molar-refractivity contribution in [1.29, 1.82) is 0 Å². The summed E-state index contributed by atoms with van der Waals surface area (Å²) in [6.07, 6.45) is 9.53. The zero-order valence-electron chi connectivity index (χ0n) is 19.4. The zero-order valence-corrected chi connectivity index (χ0v) is 19.4. The number of pyridine rings is 2. The van der Waals surface area contributed by atoms with Crippen LogP contribution in [0.4, 0.5) is 5.82 Å². The lowest BCUT2D eigenvalue weighted by Gasteiger charge is -2.36. The SMILES string of the molecule is CN1CCN(C[C@H]2CC[C@H](C(=O)Nc3cc4cc(-c5cn(C)nn5)ncc4cn3)CC2)CC1. The zero-order chi connectivity index (χ0) is 22.8. The molecule has 3 aromatic heterocycles. The largest absolute Gasteiger partial charge is 0.310 e. The number of hydrogen-bond acceptors (Lipinski definition) is 7. The van der Waals surface area contributed by atoms with Crippen molar-refractivity contribution in [3.63, 3.8) is 0 Å². The fraction of sp³-hybridized carbons (Fsp3) is 0.542. The van der Waals surface area contributed by atoms with Crippen LogP contribution in [0.5, 0.6) is 0 Å². The molecule has 2 fully saturated rings. The Morgan fingerprint density at radius 2 is 1.73 bits per heavy atom. The van der Waals surface area contributed by atoms with Gasteiger partial charge in [0.25, 0.3) is 0 Å². The highest BCUT2D eigenvalue weighted by molar-refractivity contribution is 5.94. The monoisotopic (exact) mass is 448 g/mol. The first-order chi connectivity index (χ1) is 16.0. The number of anilines is 1. The topological polar surface area (TPSA) is 92.1 Å². The molecule has 1 saturated heterocycles. The van der Waals surface area contributed by atoms with Crippen LogP contribution in [0.3, 0.4) is 0 Å². The molecule has 0 spiro atoms. The average Bonchev–Trinajstić information content (AvgIpc) is 3.27. The molecule has 1 aliphatic heterocycles. The summed E-state index contributed by atoms with van der Waals surface area (Å²) in [5.74, 6) is 1.45. The van der Waals surface area contributed by atoms with Crippen LogP contribution in [0.25, 0.3) is 22.2 Å². The summed E-state index contributed by atoms with van der Waals surface area (Å²) in [4.78, 5) is 26.8. The van der Waals surface area contributed by atoms with E-state index in [0.717, 1.165) is 60.9 Å². The standard InChI is InChI=1S/C24H32N8O/c1-30-7-9-32(10-8-30)15-17-3-5-18(6-4-17)24(33)27-23-12-19-11-21(22-16-31(2)29-28-22)25-13-20(19)14-26-23/h11-14,16-18H,3-10,15H2,1-2H3,(H,26,27,33)/t17-,18-. The van der Waals surface area contributed by atoms with Gasteiger partial charge in [0.2, 0.25) is 5.91 Å². The van der Waals surface area contributed by atoms with Crippen molar-refractivity contribution >= 4 is 22.5 Å². The number of piperazine rings is 1. The van der Waals surface area contributed by atoms with Gasteiger partial charge in [0.05, 0.1) is 11.9 Å². The fourth-order valence-electron chi connectivity index (χ4n) is 4.94. The summed E-state index contributed by atoms with van der Waals surface area (Å²) in [7, 11) is 4.02. The molecule has 4 heterocycles. The summed E-state index contributed by atoms with van der Waals surface area (Å²) in [5.41, 5.74) is 1.47. The number of carbonyl (C=O) groups excluding carboxylic acids is 1. The van der Waals surface area contributed by atoms with Crippen LogP contribution in [0.1, 0.15) is 25.7 Å². The van der Waals surface area contributed by atoms with Crippen LogP contribution in [0, 0.1) is 11.8 Å². The van der Waals surface area contributed by atoms with Crippen LogP contribution in [0.15, 0.2) is 30.7 Å². The molecule has 2 aliphatic rings. The molecule has 5 rings (SSSR count). The second kappa shape index (κ2) is 9.52. The summed E-state index contributed by atoms with van der Waals surface area (Å²) < 4.78 is 1.65. The molecule has 174 valence electrons. The quantitative estimate of drug-likeness (QED) is 0.641. The third-order valence-corrected chi connectivity index (χ3v) is 7.05. The fourth-order valence-corrected chi connectivity index (χ4v) is 4.94. The summed E-state index contributed by atoms with van der Waals surface area (Å²) in [5, 5.41) is 13.0. The Labute approximate surface area is 194 Å². The molecule has 1 amide bonds. The third kappa shape index (κ3) is 5.20. The van der Waals surface area contributed by atoms with Gasteiger partial charge >= 0.3 is 0 Å². The number of likely N-dealkylation sites (N-methyl/N-ethyl adjacent to an activating group) is 1. The van der Waals surface area contributed by atoms with Crippen LogP contribution in [-0.4, -0.2) is 80.4 Å². The molecule has 0 aromatic carbocycles. The van der Waals surface area contributed by atoms with Crippen molar-refractivity contribution in [3.05, 3.63) is 30.7 Å². The van der Waals surface area contributed by atoms with Gasteiger partial charge in [0.1, 0.15) is 11.5 Å². The van der Waals surface area contributed by atoms with E-state index in [1.807, 2.05) is 25.4 Å². The minimum atomic E-state index is 0.0684. The highest BCUT2D eigenvalue weighted by Crippen LogP contribution is 2.31. The van der Waals surface area contributed by atoms with Crippen molar-refractivity contribution in [2.45, 2.75) is 25.7 Å². The number of carbonyl (C=O) groups is 1. The van der Waals surface area contributed by atoms with Crippen molar-refractivity contribution in [2.24, 2.45) is 18.9 Å². The number of hydrogen-bond donors (Lipinski definition) is 1. The maximum absolute atomic E-state index is 12.9. The van der Waals surface area contributed by atoms with Crippen molar-refractivity contribution in [1.82, 2.24) is 34.8 Å². The van der Waals surface area contributed by atoms with E-state index < -0.39 is 0 Å². The van der Waals surface area contributed by atoms with Crippen LogP contribution >= 0.6 is 0 Å². The van der Waals surface area contributed by atoms with Crippen molar-refractivity contribution in [3.8, 4) is 11.4 Å². The van der Waals surface area contributed by atoms with Gasteiger partial charge in [-0.2, -0.15) is 0 Å². The van der Waals surface area contributed by atoms with Crippen LogP contribution in [0.2, 0.25) is 0 Å². The predicted molar refractivity (Wildman–Crippen MR) is 128 cm³/mol. The van der Waals surface area contributed by atoms with Gasteiger partial charge in [0.15, 0.2) is 0 Å². The highest BCUT2D eigenvalue weighted by atomic mass is 16.1. The van der Waals surface area contributed by atoms with Crippen LogP contribution < -0.4 is 5.32 Å². The maximum atomic E-state index is 12.9. The number of fused-ring (bicyclic) bond motifs is 1. The molecule has 9 heteroatoms. The molecular formula is C24H32N8O. The lowest BCUT2D eigenvalue weighted by atomic mass is 9.81. The van der Waals surface area contributed by atoms with Gasteiger partial charge < -0.3 is 15.1 Å². The van der Waals surface area contributed by atoms with E-state index in [0.29, 0.717) is 11.7 Å². The van der Waals surface area contributed by atoms with Crippen LogP contribution in [-0.2, 0) is 11.8 Å². The van der Waals surface area contributed by atoms with Gasteiger partial charge in [-0.15, -0.1) is 5.10 Å². The molecule has 33 heavy (non-hydrogen) atoms. The minimum Gasteiger partial charge on any atom is -0.310 e. The lowest BCUT2D eigenvalue weighted by molar-refractivity contribution is -0.121. The van der Waals surface area contributed by atoms with E-state index in [9.17, 15) is 4.79 Å². The molecule has 0 unspecified atom stereocenters. The molecule has 0 bridgehead atoms. The number of amides is 1. The summed E-state index contributed by atoms with van der Waals surface area (Å²) in [6, 6.07) is 3.87. The highest BCUT2D eigenvalue weighted by Gasteiger charge is 2.28. The molecular weight excluding hydrogens is 416 g/mol. The first-order valence-electron chi connectivity index (χ1n) is 11.9. The second-order valence-corrected chi connectivity index (χ2v) is 9.57. The number of nitrogens with one attached hydrogen (secondary N) is 1. The maximum Gasteiger partial charge on any atom is 0.228 e. The molecule has 1 aliphatic carbocycles. The Bertz CT molecular complexity index is 1110. The molecule has 0 radical (unpaired) electrons. The first-order valence-corrected chi connectivity index (χ1v) is 11.9. The number of aromatic nitrogens is 5. The average molecular weight is 449 g/mol. The van der Waals surface area contributed by atoms with Gasteiger partial charge in [-0.1, -0.05) is 5.21 Å². The van der Waals surface area contributed by atoms with Crippen molar-refractivity contribution in [2.75, 3.05) is 45.1 Å². The van der Waals surface area contributed by atoms with E-state index in [1.54, 1.807) is 17.1 Å². The molecule has 1 saturated carbocycles. The van der Waals surface area contributed by atoms with Gasteiger partial charge in [0, 0.05) is 63.5 Å². The van der Waals surface area contributed by atoms with E-state index >= 15 is 0 Å². The predicted octanol–water partition coefficient (Wildman–Crippen LogP) is 2.42. The normalized spacial score (nSPS) is 22.5. The second-order valence-electron chi connectivity index (χ2n) is 9.57. The Hall–Kier alpha value is -2.91. The summed E-state index contributed by atoms with van der Waals surface area (Å²) in [6.45, 7) is 5.83. The van der Waals surface area contributed by atoms with E-state index in [1.165, 1.54) is 19.6 Å². The molecule has 1 N–H and O–H groups in total. The summed E-state index contributed by atoms with van der Waals surface area (Å²) >= 11 is 0. The van der Waals surface area contributed by atoms with E-state index in [4.69, 9.17) is 0 Å². The van der Waals surface area contributed by atoms with Crippen molar-refractivity contribution < 1.29 is 4.79 Å². The molecule has 0 atom stereocenters. The number of aryl methyl sites for hydroxylation is 1.